The third-order valence-corrected chi connectivity index (χ3v) is 5.08. The lowest BCUT2D eigenvalue weighted by molar-refractivity contribution is -0.119. The summed E-state index contributed by atoms with van der Waals surface area (Å²) in [5.74, 6) is -8.52. The normalized spacial score (nSPS) is 16.5. The Balaban J connectivity index is 1.97. The Morgan fingerprint density at radius 1 is 0.971 bits per heavy atom. The van der Waals surface area contributed by atoms with Crippen LogP contribution < -0.4 is 9.64 Å². The van der Waals surface area contributed by atoms with Gasteiger partial charge in [-0.2, -0.15) is 8.78 Å². The maximum Gasteiger partial charge on any atom is 0.338 e. The third kappa shape index (κ3) is 5.03. The summed E-state index contributed by atoms with van der Waals surface area (Å²) in [6, 6.07) is 9.56. The zero-order chi connectivity index (χ0) is 25.9. The lowest BCUT2D eigenvalue weighted by atomic mass is 9.97. The molecular weight excluding hydrogens is 474 g/mol. The number of likely N-dealkylation sites (N-methyl/N-ethyl adjacent to an activating group) is 1. The Kier molecular flexibility index (Phi) is 7.28. The number of alkyl halides is 3. The van der Waals surface area contributed by atoms with E-state index < -0.39 is 41.3 Å². The quantitative estimate of drug-likeness (QED) is 0.426. The van der Waals surface area contributed by atoms with Gasteiger partial charge in [-0.25, -0.2) is 18.4 Å². The van der Waals surface area contributed by atoms with Crippen molar-refractivity contribution in [2.24, 2.45) is 0 Å². The smallest absolute Gasteiger partial charge is 0.338 e. The lowest BCUT2D eigenvalue weighted by Crippen LogP contribution is -2.42. The van der Waals surface area contributed by atoms with Gasteiger partial charge < -0.3 is 19.1 Å². The van der Waals surface area contributed by atoms with Gasteiger partial charge in [0.1, 0.15) is 11.6 Å². The van der Waals surface area contributed by atoms with Crippen molar-refractivity contribution in [3.8, 4) is 11.5 Å². The summed E-state index contributed by atoms with van der Waals surface area (Å²) in [7, 11) is 3.38. The van der Waals surface area contributed by atoms with Gasteiger partial charge in [0.25, 0.3) is 5.91 Å². The number of nitrogens with zero attached hydrogens (tertiary/aromatic N) is 1. The van der Waals surface area contributed by atoms with Crippen LogP contribution in [0.4, 0.5) is 23.2 Å². The molecular formula is C24H19F4NO6. The Morgan fingerprint density at radius 3 is 2.26 bits per heavy atom. The minimum atomic E-state index is -4.24. The second kappa shape index (κ2) is 10.00. The van der Waals surface area contributed by atoms with Crippen LogP contribution in [0.5, 0.6) is 11.5 Å². The minimum absolute atomic E-state index is 0.0162. The number of hydrogen-bond donors (Lipinski definition) is 0. The monoisotopic (exact) mass is 493 g/mol. The van der Waals surface area contributed by atoms with Crippen molar-refractivity contribution in [2.45, 2.75) is 12.1 Å². The average Bonchev–Trinajstić information content (AvgIpc) is 2.84. The van der Waals surface area contributed by atoms with Gasteiger partial charge in [-0.05, 0) is 42.5 Å². The summed E-state index contributed by atoms with van der Waals surface area (Å²) in [5.41, 5.74) is -1.63. The van der Waals surface area contributed by atoms with Crippen molar-refractivity contribution in [1.29, 1.82) is 0 Å². The fourth-order valence-electron chi connectivity index (χ4n) is 3.27. The molecule has 1 aliphatic carbocycles. The molecule has 0 aliphatic heterocycles. The molecule has 2 aromatic carbocycles. The van der Waals surface area contributed by atoms with Crippen molar-refractivity contribution in [2.75, 3.05) is 26.2 Å². The maximum atomic E-state index is 14.3. The van der Waals surface area contributed by atoms with E-state index in [4.69, 9.17) is 4.74 Å². The number of anilines is 1. The van der Waals surface area contributed by atoms with Crippen LogP contribution in [0.1, 0.15) is 20.7 Å². The number of methoxy groups -OCH3 is 2. The van der Waals surface area contributed by atoms with Gasteiger partial charge >= 0.3 is 17.9 Å². The second-order valence-electron chi connectivity index (χ2n) is 7.26. The van der Waals surface area contributed by atoms with Gasteiger partial charge in [-0.3, -0.25) is 4.79 Å². The zero-order valence-electron chi connectivity index (χ0n) is 18.7. The van der Waals surface area contributed by atoms with E-state index in [1.54, 1.807) is 0 Å². The first kappa shape index (κ1) is 25.5. The molecule has 0 N–H and O–H groups in total. The number of carbonyl (C=O) groups excluding carboxylic acids is 3. The fourth-order valence-corrected chi connectivity index (χ4v) is 3.27. The summed E-state index contributed by atoms with van der Waals surface area (Å²) in [6.07, 6.45) is -2.63. The molecule has 0 radical (unpaired) electrons. The number of allylic oxidation sites excluding steroid dienone is 3. The summed E-state index contributed by atoms with van der Waals surface area (Å²) in [6.45, 7) is 0. The molecule has 11 heteroatoms. The number of para-hydroxylation sites is 2. The second-order valence-corrected chi connectivity index (χ2v) is 7.26. The maximum absolute atomic E-state index is 14.3. The van der Waals surface area contributed by atoms with E-state index >= 15 is 0 Å². The molecule has 0 aromatic heterocycles. The summed E-state index contributed by atoms with van der Waals surface area (Å²) in [5, 5.41) is 0. The molecule has 0 saturated carbocycles. The van der Waals surface area contributed by atoms with Gasteiger partial charge in [0, 0.05) is 7.05 Å². The van der Waals surface area contributed by atoms with E-state index in [9.17, 15) is 31.9 Å². The van der Waals surface area contributed by atoms with E-state index in [0.29, 0.717) is 0 Å². The highest BCUT2D eigenvalue weighted by Crippen LogP contribution is 2.39. The van der Waals surface area contributed by atoms with Crippen LogP contribution in [-0.2, 0) is 14.3 Å². The van der Waals surface area contributed by atoms with E-state index in [-0.39, 0.29) is 40.5 Å². The van der Waals surface area contributed by atoms with Gasteiger partial charge in [0.05, 0.1) is 36.6 Å². The molecule has 35 heavy (non-hydrogen) atoms. The SMILES string of the molecule is COC(=O)c1ccc(Oc2ccccc2N(C)C(=O)C2=CC(F)=CC(F)C2(F)F)cc1C(=O)OC. The zero-order valence-corrected chi connectivity index (χ0v) is 18.7. The number of esters is 2. The first-order chi connectivity index (χ1) is 16.5. The highest BCUT2D eigenvalue weighted by atomic mass is 19.3. The highest BCUT2D eigenvalue weighted by molar-refractivity contribution is 6.08. The number of carbonyl (C=O) groups is 3. The highest BCUT2D eigenvalue weighted by Gasteiger charge is 2.49. The van der Waals surface area contributed by atoms with Gasteiger partial charge in [-0.1, -0.05) is 12.1 Å². The van der Waals surface area contributed by atoms with E-state index in [1.807, 2.05) is 0 Å². The van der Waals surface area contributed by atoms with E-state index in [2.05, 4.69) is 9.47 Å². The van der Waals surface area contributed by atoms with E-state index in [0.717, 1.165) is 26.2 Å². The van der Waals surface area contributed by atoms with Crippen LogP contribution >= 0.6 is 0 Å². The van der Waals surface area contributed by atoms with Gasteiger partial charge in [0.2, 0.25) is 0 Å². The molecule has 3 rings (SSSR count). The Morgan fingerprint density at radius 2 is 1.60 bits per heavy atom. The van der Waals surface area contributed by atoms with Crippen molar-refractivity contribution in [1.82, 2.24) is 0 Å². The van der Waals surface area contributed by atoms with Gasteiger partial charge in [-0.15, -0.1) is 0 Å². The number of halogens is 4. The molecule has 0 bridgehead atoms. The van der Waals surface area contributed by atoms with E-state index in [1.165, 1.54) is 42.5 Å². The Bertz CT molecular complexity index is 1240. The average molecular weight is 493 g/mol. The summed E-state index contributed by atoms with van der Waals surface area (Å²) >= 11 is 0. The molecule has 184 valence electrons. The van der Waals surface area contributed by atoms with Gasteiger partial charge in [0.15, 0.2) is 11.9 Å². The first-order valence-electron chi connectivity index (χ1n) is 9.98. The number of hydrogen-bond acceptors (Lipinski definition) is 6. The molecule has 2 aromatic rings. The lowest BCUT2D eigenvalue weighted by Gasteiger charge is -2.28. The topological polar surface area (TPSA) is 82.1 Å². The molecule has 7 nitrogen and oxygen atoms in total. The molecule has 1 atom stereocenters. The van der Waals surface area contributed by atoms with Crippen LogP contribution in [-0.4, -0.2) is 51.2 Å². The Hall–Kier alpha value is -4.15. The van der Waals surface area contributed by atoms with Crippen LogP contribution in [0.2, 0.25) is 0 Å². The standard InChI is InChI=1S/C24H19F4NO6/c1-29(21(30)17-10-13(25)11-20(26)24(17,27)28)18-6-4-5-7-19(18)35-14-8-9-15(22(31)33-2)16(12-14)23(32)34-3/h4-12,20H,1-3H3. The van der Waals surface area contributed by atoms with Crippen LogP contribution in [0.15, 0.2) is 66.0 Å². The molecule has 0 heterocycles. The number of ether oxygens (including phenoxy) is 3. The number of rotatable bonds is 6. The summed E-state index contributed by atoms with van der Waals surface area (Å²) in [4.78, 5) is 37.6. The Labute approximate surface area is 197 Å². The number of benzene rings is 2. The van der Waals surface area contributed by atoms with Crippen molar-refractivity contribution >= 4 is 23.5 Å². The molecule has 0 spiro atoms. The largest absolute Gasteiger partial charge is 0.465 e. The first-order valence-corrected chi connectivity index (χ1v) is 9.98. The molecule has 1 aliphatic rings. The summed E-state index contributed by atoms with van der Waals surface area (Å²) < 4.78 is 71.0. The van der Waals surface area contributed by atoms with Crippen LogP contribution in [0.25, 0.3) is 0 Å². The molecule has 1 unspecified atom stereocenters. The van der Waals surface area contributed by atoms with Crippen molar-refractivity contribution < 1.29 is 46.2 Å². The van der Waals surface area contributed by atoms with Crippen molar-refractivity contribution in [3.05, 3.63) is 77.1 Å². The number of amides is 1. The van der Waals surface area contributed by atoms with Crippen LogP contribution in [0, 0.1) is 0 Å². The van der Waals surface area contributed by atoms with Crippen LogP contribution in [0.3, 0.4) is 0 Å². The molecule has 0 saturated heterocycles. The van der Waals surface area contributed by atoms with Crippen molar-refractivity contribution in [3.63, 3.8) is 0 Å². The molecule has 1 amide bonds. The molecule has 0 fully saturated rings. The predicted octanol–water partition coefficient (Wildman–Crippen LogP) is 4.78. The third-order valence-electron chi connectivity index (χ3n) is 5.08. The minimum Gasteiger partial charge on any atom is -0.465 e. The predicted molar refractivity (Wildman–Crippen MR) is 116 cm³/mol. The fraction of sp³-hybridized carbons (Fsp3) is 0.208.